The lowest BCUT2D eigenvalue weighted by molar-refractivity contribution is -0.141. The van der Waals surface area contributed by atoms with Gasteiger partial charge in [0, 0.05) is 18.2 Å². The van der Waals surface area contributed by atoms with Crippen LogP contribution in [0.3, 0.4) is 0 Å². The zero-order chi connectivity index (χ0) is 13.2. The van der Waals surface area contributed by atoms with Gasteiger partial charge in [0.25, 0.3) is 0 Å². The largest absolute Gasteiger partial charge is 0.433 e. The predicted octanol–water partition coefficient (Wildman–Crippen LogP) is 3.64. The molecule has 94 valence electrons. The van der Waals surface area contributed by atoms with Crippen LogP contribution in [-0.4, -0.2) is 10.8 Å². The van der Waals surface area contributed by atoms with Gasteiger partial charge in [-0.2, -0.15) is 13.2 Å². The highest BCUT2D eigenvalue weighted by atomic mass is 19.4. The van der Waals surface area contributed by atoms with Crippen molar-refractivity contribution in [2.75, 3.05) is 0 Å². The van der Waals surface area contributed by atoms with E-state index >= 15 is 0 Å². The van der Waals surface area contributed by atoms with Crippen molar-refractivity contribution in [3.63, 3.8) is 0 Å². The van der Waals surface area contributed by atoms with Crippen LogP contribution in [0.5, 0.6) is 0 Å². The highest BCUT2D eigenvalue weighted by Crippen LogP contribution is 2.30. The van der Waals surface area contributed by atoms with Crippen LogP contribution in [0.2, 0.25) is 0 Å². The molecule has 0 bridgehead atoms. The zero-order valence-electron chi connectivity index (χ0n) is 9.93. The summed E-state index contributed by atoms with van der Waals surface area (Å²) in [5.41, 5.74) is -0.713. The number of aryl methyl sites for hydroxylation is 1. The maximum Gasteiger partial charge on any atom is 0.433 e. The minimum absolute atomic E-state index is 0.0212. The van der Waals surface area contributed by atoms with Gasteiger partial charge in [0.1, 0.15) is 5.69 Å². The van der Waals surface area contributed by atoms with Crippen molar-refractivity contribution in [1.29, 1.82) is 0 Å². The second-order valence-electron chi connectivity index (χ2n) is 4.41. The number of alkyl halides is 3. The van der Waals surface area contributed by atoms with Crippen LogP contribution in [0.4, 0.5) is 13.2 Å². The molecule has 0 N–H and O–H groups in total. The smallest absolute Gasteiger partial charge is 0.294 e. The summed E-state index contributed by atoms with van der Waals surface area (Å²) in [6, 6.07) is 1.25. The van der Waals surface area contributed by atoms with Crippen LogP contribution in [-0.2, 0) is 6.18 Å². The lowest BCUT2D eigenvalue weighted by Gasteiger charge is -2.10. The molecule has 1 heterocycles. The second-order valence-corrected chi connectivity index (χ2v) is 4.41. The molecule has 1 rings (SSSR count). The number of halogens is 3. The Balaban J connectivity index is 3.01. The van der Waals surface area contributed by atoms with E-state index in [0.717, 1.165) is 6.20 Å². The fourth-order valence-corrected chi connectivity index (χ4v) is 1.51. The van der Waals surface area contributed by atoms with Gasteiger partial charge >= 0.3 is 6.18 Å². The summed E-state index contributed by atoms with van der Waals surface area (Å²) in [6.45, 7) is 5.06. The van der Waals surface area contributed by atoms with Gasteiger partial charge in [-0.1, -0.05) is 13.8 Å². The Morgan fingerprint density at radius 2 is 2.00 bits per heavy atom. The third-order valence-corrected chi connectivity index (χ3v) is 2.26. The van der Waals surface area contributed by atoms with Crippen LogP contribution in [0.15, 0.2) is 12.3 Å². The summed E-state index contributed by atoms with van der Waals surface area (Å²) < 4.78 is 37.3. The van der Waals surface area contributed by atoms with E-state index in [0.29, 0.717) is 6.42 Å². The van der Waals surface area contributed by atoms with Crippen LogP contribution in [0.1, 0.15) is 41.9 Å². The molecule has 0 unspecified atom stereocenters. The van der Waals surface area contributed by atoms with E-state index in [4.69, 9.17) is 0 Å². The Morgan fingerprint density at radius 3 is 2.41 bits per heavy atom. The molecule has 0 aliphatic carbocycles. The van der Waals surface area contributed by atoms with Crippen LogP contribution in [0, 0.1) is 12.8 Å². The Kier molecular flexibility index (Phi) is 3.91. The average molecular weight is 245 g/mol. The molecule has 0 radical (unpaired) electrons. The van der Waals surface area contributed by atoms with E-state index in [1.807, 2.05) is 13.8 Å². The van der Waals surface area contributed by atoms with E-state index in [9.17, 15) is 18.0 Å². The zero-order valence-corrected chi connectivity index (χ0v) is 9.93. The summed E-state index contributed by atoms with van der Waals surface area (Å²) in [4.78, 5) is 15.0. The van der Waals surface area contributed by atoms with Gasteiger partial charge in [-0.05, 0) is 24.5 Å². The summed E-state index contributed by atoms with van der Waals surface area (Å²) in [5, 5.41) is 0. The lowest BCUT2D eigenvalue weighted by atomic mass is 10.0. The maximum absolute atomic E-state index is 12.4. The van der Waals surface area contributed by atoms with Crippen LogP contribution < -0.4 is 0 Å². The summed E-state index contributed by atoms with van der Waals surface area (Å²) in [7, 11) is 0. The molecule has 17 heavy (non-hydrogen) atoms. The first-order valence-corrected chi connectivity index (χ1v) is 5.29. The Hall–Kier alpha value is -1.39. The van der Waals surface area contributed by atoms with Gasteiger partial charge in [-0.25, -0.2) is 0 Å². The standard InChI is InChI=1S/C12H14F3NO/c1-7(2)4-10(17)9-5-8(3)11(16-6-9)12(13,14)15/h5-7H,4H2,1-3H3. The number of rotatable bonds is 3. The van der Waals surface area contributed by atoms with Crippen molar-refractivity contribution in [3.8, 4) is 0 Å². The maximum atomic E-state index is 12.4. The fourth-order valence-electron chi connectivity index (χ4n) is 1.51. The SMILES string of the molecule is Cc1cc(C(=O)CC(C)C)cnc1C(F)(F)F. The van der Waals surface area contributed by atoms with Crippen molar-refractivity contribution in [3.05, 3.63) is 29.1 Å². The van der Waals surface area contributed by atoms with Crippen molar-refractivity contribution < 1.29 is 18.0 Å². The number of Topliss-reactive ketones (excluding diaryl/α,β-unsaturated/α-hetero) is 1. The Labute approximate surface area is 97.9 Å². The van der Waals surface area contributed by atoms with Gasteiger partial charge in [-0.3, -0.25) is 9.78 Å². The third kappa shape index (κ3) is 3.54. The predicted molar refractivity (Wildman–Crippen MR) is 57.8 cm³/mol. The van der Waals surface area contributed by atoms with Gasteiger partial charge < -0.3 is 0 Å². The summed E-state index contributed by atoms with van der Waals surface area (Å²) in [5.74, 6) is -0.00516. The molecule has 0 aromatic carbocycles. The third-order valence-electron chi connectivity index (χ3n) is 2.26. The van der Waals surface area contributed by atoms with E-state index in [1.54, 1.807) is 0 Å². The molecular formula is C12H14F3NO. The molecule has 0 saturated carbocycles. The number of nitrogens with zero attached hydrogens (tertiary/aromatic N) is 1. The van der Waals surface area contributed by atoms with Crippen molar-refractivity contribution >= 4 is 5.78 Å². The number of ketones is 1. The molecule has 5 heteroatoms. The molecule has 1 aromatic rings. The number of pyridine rings is 1. The van der Waals surface area contributed by atoms with Crippen molar-refractivity contribution in [2.24, 2.45) is 5.92 Å². The molecule has 1 aromatic heterocycles. The molecule has 2 nitrogen and oxygen atoms in total. The fraction of sp³-hybridized carbons (Fsp3) is 0.500. The topological polar surface area (TPSA) is 30.0 Å². The minimum atomic E-state index is -4.47. The average Bonchev–Trinajstić information content (AvgIpc) is 2.14. The number of carbonyl (C=O) groups is 1. The van der Waals surface area contributed by atoms with E-state index < -0.39 is 11.9 Å². The Bertz CT molecular complexity index is 424. The first-order chi connectivity index (χ1) is 7.71. The molecule has 0 saturated heterocycles. The molecular weight excluding hydrogens is 231 g/mol. The van der Waals surface area contributed by atoms with Crippen molar-refractivity contribution in [1.82, 2.24) is 4.98 Å². The molecule has 0 amide bonds. The monoisotopic (exact) mass is 245 g/mol. The number of carbonyl (C=O) groups excluding carboxylic acids is 1. The second kappa shape index (κ2) is 4.85. The molecule has 0 atom stereocenters. The molecule has 0 spiro atoms. The molecule has 0 aliphatic heterocycles. The van der Waals surface area contributed by atoms with E-state index in [-0.39, 0.29) is 22.8 Å². The van der Waals surface area contributed by atoms with E-state index in [1.165, 1.54) is 13.0 Å². The minimum Gasteiger partial charge on any atom is -0.294 e. The lowest BCUT2D eigenvalue weighted by Crippen LogP contribution is -2.12. The Morgan fingerprint density at radius 1 is 1.41 bits per heavy atom. The van der Waals surface area contributed by atoms with Gasteiger partial charge in [0.2, 0.25) is 0 Å². The first-order valence-electron chi connectivity index (χ1n) is 5.29. The normalized spacial score (nSPS) is 11.9. The number of hydrogen-bond donors (Lipinski definition) is 0. The first kappa shape index (κ1) is 13.7. The van der Waals surface area contributed by atoms with Crippen LogP contribution in [0.25, 0.3) is 0 Å². The summed E-state index contributed by atoms with van der Waals surface area (Å²) in [6.07, 6.45) is -3.16. The number of hydrogen-bond acceptors (Lipinski definition) is 2. The van der Waals surface area contributed by atoms with Crippen molar-refractivity contribution in [2.45, 2.75) is 33.4 Å². The van der Waals surface area contributed by atoms with Gasteiger partial charge in [-0.15, -0.1) is 0 Å². The highest BCUT2D eigenvalue weighted by molar-refractivity contribution is 5.96. The summed E-state index contributed by atoms with van der Waals surface area (Å²) >= 11 is 0. The molecule has 0 fully saturated rings. The molecule has 0 aliphatic rings. The quantitative estimate of drug-likeness (QED) is 0.761. The van der Waals surface area contributed by atoms with Gasteiger partial charge in [0.15, 0.2) is 5.78 Å². The highest BCUT2D eigenvalue weighted by Gasteiger charge is 2.34. The van der Waals surface area contributed by atoms with E-state index in [2.05, 4.69) is 4.98 Å². The van der Waals surface area contributed by atoms with Gasteiger partial charge in [0.05, 0.1) is 0 Å². The number of aromatic nitrogens is 1. The van der Waals surface area contributed by atoms with Crippen LogP contribution >= 0.6 is 0 Å².